The van der Waals surface area contributed by atoms with E-state index in [4.69, 9.17) is 4.74 Å². The van der Waals surface area contributed by atoms with E-state index in [1.165, 1.54) is 10.5 Å². The zero-order valence-electron chi connectivity index (χ0n) is 25.1. The minimum atomic E-state index is -0.411. The van der Waals surface area contributed by atoms with Crippen LogP contribution in [0.15, 0.2) is 114 Å². The molecular formula is C38H35N3O4. The molecule has 0 spiro atoms. The lowest BCUT2D eigenvalue weighted by Gasteiger charge is -2.30. The van der Waals surface area contributed by atoms with Crippen LogP contribution in [-0.2, 0) is 14.3 Å². The van der Waals surface area contributed by atoms with Gasteiger partial charge in [-0.05, 0) is 110 Å². The molecular weight excluding hydrogens is 562 g/mol. The maximum absolute atomic E-state index is 13.9. The van der Waals surface area contributed by atoms with Crippen molar-refractivity contribution in [3.8, 4) is 5.75 Å². The summed E-state index contributed by atoms with van der Waals surface area (Å²) in [6.07, 6.45) is 5.80. The molecule has 2 amide bonds. The van der Waals surface area contributed by atoms with E-state index in [-0.39, 0.29) is 35.5 Å². The second-order valence-electron chi connectivity index (χ2n) is 12.1. The van der Waals surface area contributed by atoms with Crippen LogP contribution in [0.1, 0.15) is 37.4 Å². The van der Waals surface area contributed by atoms with Crippen molar-refractivity contribution in [1.82, 2.24) is 4.98 Å². The van der Waals surface area contributed by atoms with Gasteiger partial charge in [0.1, 0.15) is 5.75 Å². The molecule has 7 nitrogen and oxygen atoms in total. The Kier molecular flexibility index (Phi) is 7.78. The molecule has 2 N–H and O–H groups in total. The molecule has 3 aromatic carbocycles. The number of benzene rings is 3. The Bertz CT molecular complexity index is 1770. The summed E-state index contributed by atoms with van der Waals surface area (Å²) in [5.41, 5.74) is 7.76. The van der Waals surface area contributed by atoms with Crippen molar-refractivity contribution < 1.29 is 19.4 Å². The molecule has 0 saturated carbocycles. The van der Waals surface area contributed by atoms with Crippen molar-refractivity contribution in [2.45, 2.75) is 32.3 Å². The average Bonchev–Trinajstić information content (AvgIpc) is 3.60. The first-order chi connectivity index (χ1) is 22.0. The van der Waals surface area contributed by atoms with E-state index in [9.17, 15) is 14.7 Å². The van der Waals surface area contributed by atoms with Gasteiger partial charge in [0, 0.05) is 23.5 Å². The van der Waals surface area contributed by atoms with Gasteiger partial charge in [-0.2, -0.15) is 0 Å². The first-order valence-corrected chi connectivity index (χ1v) is 15.5. The van der Waals surface area contributed by atoms with Crippen molar-refractivity contribution in [3.63, 3.8) is 0 Å². The molecule has 0 bridgehead atoms. The van der Waals surface area contributed by atoms with Gasteiger partial charge in [-0.15, -0.1) is 0 Å². The van der Waals surface area contributed by atoms with E-state index in [1.807, 2.05) is 84.9 Å². The van der Waals surface area contributed by atoms with E-state index in [2.05, 4.69) is 23.3 Å². The Morgan fingerprint density at radius 1 is 0.911 bits per heavy atom. The zero-order valence-corrected chi connectivity index (χ0v) is 25.1. The Labute approximate surface area is 262 Å². The predicted octanol–water partition coefficient (Wildman–Crippen LogP) is 7.39. The van der Waals surface area contributed by atoms with Gasteiger partial charge in [-0.25, -0.2) is 0 Å². The van der Waals surface area contributed by atoms with Gasteiger partial charge in [-0.1, -0.05) is 42.0 Å². The summed E-state index contributed by atoms with van der Waals surface area (Å²) in [4.78, 5) is 33.6. The molecule has 3 heterocycles. The number of fused-ring (bicyclic) bond motifs is 3. The van der Waals surface area contributed by atoms with E-state index < -0.39 is 5.92 Å². The van der Waals surface area contributed by atoms with Crippen LogP contribution in [0.4, 0.5) is 17.1 Å². The van der Waals surface area contributed by atoms with Crippen LogP contribution in [0, 0.1) is 17.8 Å². The molecule has 7 rings (SSSR count). The maximum atomic E-state index is 13.9. The minimum Gasteiger partial charge on any atom is -0.508 e. The van der Waals surface area contributed by atoms with E-state index in [0.717, 1.165) is 46.6 Å². The summed E-state index contributed by atoms with van der Waals surface area (Å²) in [7, 11) is 0. The number of amides is 2. The molecule has 3 aliphatic rings. The van der Waals surface area contributed by atoms with Gasteiger partial charge >= 0.3 is 0 Å². The summed E-state index contributed by atoms with van der Waals surface area (Å²) in [6.45, 7) is 2.53. The molecule has 2 fully saturated rings. The lowest BCUT2D eigenvalue weighted by Crippen LogP contribution is -2.34. The summed E-state index contributed by atoms with van der Waals surface area (Å²) >= 11 is 0. The normalized spacial score (nSPS) is 22.9. The lowest BCUT2D eigenvalue weighted by atomic mass is 9.70. The van der Waals surface area contributed by atoms with Crippen molar-refractivity contribution >= 4 is 40.5 Å². The number of aromatic hydroxyl groups is 1. The number of phenols is 1. The monoisotopic (exact) mass is 597 g/mol. The molecule has 45 heavy (non-hydrogen) atoms. The maximum Gasteiger partial charge on any atom is 0.238 e. The number of carbonyl (C=O) groups excluding carboxylic acids is 2. The number of pyridine rings is 1. The summed E-state index contributed by atoms with van der Waals surface area (Å²) in [5, 5.41) is 13.1. The van der Waals surface area contributed by atoms with Gasteiger partial charge in [0.25, 0.3) is 0 Å². The van der Waals surface area contributed by atoms with Gasteiger partial charge in [0.2, 0.25) is 11.8 Å². The Hall–Kier alpha value is -5.01. The first-order valence-electron chi connectivity index (χ1n) is 15.5. The molecule has 226 valence electrons. The first kappa shape index (κ1) is 28.7. The second-order valence-corrected chi connectivity index (χ2v) is 12.1. The number of carbonyl (C=O) groups is 2. The molecule has 4 aromatic rings. The van der Waals surface area contributed by atoms with Crippen molar-refractivity contribution in [1.29, 1.82) is 0 Å². The predicted molar refractivity (Wildman–Crippen MR) is 176 cm³/mol. The standard InChI is InChI=1S/C38H35N3O4/c1-24-21-31-36(38(44)41(37(31)43)29-15-13-28(14-16-29)40-27-7-3-2-4-8-27)32-23-45-34(35(24)32)19-12-26(33-9-5-6-20-39-33)22-25-10-17-30(42)18-11-25/h2-11,13-18,20,22,31-32,34,36,40,42H,12,19,21,23H2,1H3/b26-22-/t31-,32+,34-,36-/m1/s1. The highest BCUT2D eigenvalue weighted by Crippen LogP contribution is 2.50. The number of phenolic OH excluding ortho intramolecular Hbond substituents is 1. The third-order valence-corrected chi connectivity index (χ3v) is 9.24. The fourth-order valence-electron chi connectivity index (χ4n) is 7.15. The Balaban J connectivity index is 1.08. The molecule has 4 atom stereocenters. The highest BCUT2D eigenvalue weighted by molar-refractivity contribution is 6.22. The number of aromatic nitrogens is 1. The number of rotatable bonds is 8. The molecule has 2 aliphatic heterocycles. The number of para-hydroxylation sites is 1. The third kappa shape index (κ3) is 5.67. The smallest absolute Gasteiger partial charge is 0.238 e. The number of anilines is 3. The number of allylic oxidation sites excluding steroid dienone is 2. The quantitative estimate of drug-likeness (QED) is 0.163. The Morgan fingerprint density at radius 2 is 1.64 bits per heavy atom. The third-order valence-electron chi connectivity index (χ3n) is 9.24. The van der Waals surface area contributed by atoms with Crippen LogP contribution in [0.3, 0.4) is 0 Å². The van der Waals surface area contributed by atoms with E-state index in [0.29, 0.717) is 18.7 Å². The van der Waals surface area contributed by atoms with Crippen molar-refractivity contribution in [2.24, 2.45) is 17.8 Å². The van der Waals surface area contributed by atoms with E-state index in [1.54, 1.807) is 18.3 Å². The number of imide groups is 1. The van der Waals surface area contributed by atoms with E-state index >= 15 is 0 Å². The van der Waals surface area contributed by atoms with Gasteiger partial charge in [0.05, 0.1) is 35.9 Å². The highest BCUT2D eigenvalue weighted by Gasteiger charge is 2.56. The van der Waals surface area contributed by atoms with Gasteiger partial charge < -0.3 is 15.2 Å². The fraction of sp³-hybridized carbons (Fsp3) is 0.237. The molecule has 7 heteroatoms. The Morgan fingerprint density at radius 3 is 2.38 bits per heavy atom. The van der Waals surface area contributed by atoms with Gasteiger partial charge in [-0.3, -0.25) is 19.5 Å². The number of nitrogens with zero attached hydrogens (tertiary/aromatic N) is 2. The zero-order chi connectivity index (χ0) is 30.9. The summed E-state index contributed by atoms with van der Waals surface area (Å²) in [6, 6.07) is 30.4. The summed E-state index contributed by atoms with van der Waals surface area (Å²) < 4.78 is 6.40. The number of nitrogens with one attached hydrogen (secondary N) is 1. The molecule has 0 radical (unpaired) electrons. The molecule has 2 saturated heterocycles. The van der Waals surface area contributed by atoms with Crippen LogP contribution in [-0.4, -0.2) is 34.6 Å². The summed E-state index contributed by atoms with van der Waals surface area (Å²) in [5.74, 6) is -0.904. The van der Waals surface area contributed by atoms with Crippen LogP contribution in [0.25, 0.3) is 11.6 Å². The lowest BCUT2D eigenvalue weighted by molar-refractivity contribution is -0.122. The van der Waals surface area contributed by atoms with Crippen LogP contribution in [0.2, 0.25) is 0 Å². The number of hydrogen-bond donors (Lipinski definition) is 2. The average molecular weight is 598 g/mol. The minimum absolute atomic E-state index is 0.103. The second kappa shape index (κ2) is 12.2. The van der Waals surface area contributed by atoms with Crippen molar-refractivity contribution in [2.75, 3.05) is 16.8 Å². The fourth-order valence-corrected chi connectivity index (χ4v) is 7.15. The number of ether oxygens (including phenoxy) is 1. The van der Waals surface area contributed by atoms with Crippen molar-refractivity contribution in [3.05, 3.63) is 126 Å². The van der Waals surface area contributed by atoms with Gasteiger partial charge in [0.15, 0.2) is 0 Å². The number of hydrogen-bond acceptors (Lipinski definition) is 6. The van der Waals surface area contributed by atoms with Crippen LogP contribution < -0.4 is 10.2 Å². The molecule has 0 unspecified atom stereocenters. The van der Waals surface area contributed by atoms with Crippen LogP contribution >= 0.6 is 0 Å². The molecule has 1 aliphatic carbocycles. The SMILES string of the molecule is CC1=C2[C@@H](CC/C(=C/c3ccc(O)cc3)c3ccccn3)OC[C@@H]2[C@@H]2C(=O)N(c3ccc(Nc4ccccc4)cc3)C(=O)[C@@H]2C1. The molecule has 1 aromatic heterocycles. The largest absolute Gasteiger partial charge is 0.508 e. The topological polar surface area (TPSA) is 91.8 Å². The highest BCUT2D eigenvalue weighted by atomic mass is 16.5. The van der Waals surface area contributed by atoms with Crippen LogP contribution in [0.5, 0.6) is 5.75 Å².